The van der Waals surface area contributed by atoms with E-state index in [0.29, 0.717) is 12.8 Å². The molecule has 1 aromatic carbocycles. The number of aromatic nitrogens is 5. The number of nitrogens with zero attached hydrogens (tertiary/aromatic N) is 4. The lowest BCUT2D eigenvalue weighted by Gasteiger charge is -2.16. The number of aliphatic hydroxyl groups is 1. The summed E-state index contributed by atoms with van der Waals surface area (Å²) in [5.74, 6) is -0.469. The van der Waals surface area contributed by atoms with Gasteiger partial charge in [0, 0.05) is 54.1 Å². The van der Waals surface area contributed by atoms with Crippen LogP contribution < -0.4 is 0 Å². The largest absolute Gasteiger partial charge is 0.396 e. The van der Waals surface area contributed by atoms with Gasteiger partial charge in [0.1, 0.15) is 5.82 Å². The first kappa shape index (κ1) is 18.9. The van der Waals surface area contributed by atoms with Crippen molar-refractivity contribution in [2.45, 2.75) is 18.8 Å². The van der Waals surface area contributed by atoms with Gasteiger partial charge < -0.3 is 5.11 Å². The Bertz CT molecular complexity index is 1050. The van der Waals surface area contributed by atoms with Crippen LogP contribution in [0.15, 0.2) is 67.4 Å². The van der Waals surface area contributed by atoms with Crippen molar-refractivity contribution in [1.29, 1.82) is 0 Å². The molecule has 0 aliphatic rings. The molecule has 0 radical (unpaired) electrons. The quantitative estimate of drug-likeness (QED) is 0.506. The summed E-state index contributed by atoms with van der Waals surface area (Å²) in [6, 6.07) is 10.2. The molecule has 2 N–H and O–H groups in total. The molecule has 6 nitrogen and oxygen atoms in total. The predicted molar refractivity (Wildman–Crippen MR) is 107 cm³/mol. The summed E-state index contributed by atoms with van der Waals surface area (Å²) in [6.07, 6.45) is 9.68. The zero-order valence-corrected chi connectivity index (χ0v) is 15.7. The Hall–Kier alpha value is -3.45. The minimum Gasteiger partial charge on any atom is -0.396 e. The number of rotatable bonds is 7. The highest BCUT2D eigenvalue weighted by Gasteiger charge is 2.15. The van der Waals surface area contributed by atoms with Crippen molar-refractivity contribution >= 4 is 0 Å². The van der Waals surface area contributed by atoms with Crippen LogP contribution in [0.25, 0.3) is 11.1 Å². The van der Waals surface area contributed by atoms with Crippen LogP contribution >= 0.6 is 0 Å². The van der Waals surface area contributed by atoms with Crippen LogP contribution in [0, 0.1) is 5.82 Å². The summed E-state index contributed by atoms with van der Waals surface area (Å²) >= 11 is 0. The highest BCUT2D eigenvalue weighted by molar-refractivity contribution is 5.62. The number of aromatic amines is 1. The normalized spacial score (nSPS) is 12.1. The molecule has 0 bridgehead atoms. The van der Waals surface area contributed by atoms with E-state index in [9.17, 15) is 9.50 Å². The van der Waals surface area contributed by atoms with Gasteiger partial charge in [-0.25, -0.2) is 4.39 Å². The minimum atomic E-state index is -0.295. The Morgan fingerprint density at radius 2 is 1.79 bits per heavy atom. The minimum absolute atomic E-state index is 0.0528. The molecule has 4 aromatic rings. The van der Waals surface area contributed by atoms with Crippen LogP contribution in [0.3, 0.4) is 0 Å². The van der Waals surface area contributed by atoms with Gasteiger partial charge in [0.15, 0.2) is 0 Å². The van der Waals surface area contributed by atoms with Gasteiger partial charge >= 0.3 is 0 Å². The third-order valence-electron chi connectivity index (χ3n) is 4.76. The Kier molecular flexibility index (Phi) is 5.67. The molecule has 0 saturated carbocycles. The summed E-state index contributed by atoms with van der Waals surface area (Å²) in [6.45, 7) is -0.0528. The average Bonchev–Trinajstić information content (AvgIpc) is 3.28. The number of pyridine rings is 1. The molecule has 7 heteroatoms. The van der Waals surface area contributed by atoms with Crippen molar-refractivity contribution < 1.29 is 9.50 Å². The smallest absolute Gasteiger partial charge is 0.123 e. The van der Waals surface area contributed by atoms with Crippen molar-refractivity contribution in [3.63, 3.8) is 0 Å². The Morgan fingerprint density at radius 1 is 0.966 bits per heavy atom. The monoisotopic (exact) mass is 389 g/mol. The summed E-state index contributed by atoms with van der Waals surface area (Å²) < 4.78 is 13.3. The standard InChI is InChI=1S/C22H20FN5O/c23-19-3-1-15(2-4-19)17(14-29)9-20-7-16(18-11-26-27-12-18)8-21(28-20)10-22-13-24-5-6-25-22/h1-8,11-13,17,29H,9-10,14H2,(H,26,27). The second-order valence-electron chi connectivity index (χ2n) is 6.83. The lowest BCUT2D eigenvalue weighted by molar-refractivity contribution is 0.263. The van der Waals surface area contributed by atoms with Crippen LogP contribution in [0.1, 0.15) is 28.6 Å². The van der Waals surface area contributed by atoms with E-state index in [4.69, 9.17) is 4.98 Å². The first-order valence-corrected chi connectivity index (χ1v) is 9.31. The number of hydrogen-bond donors (Lipinski definition) is 2. The molecule has 0 spiro atoms. The summed E-state index contributed by atoms with van der Waals surface area (Å²) in [7, 11) is 0. The van der Waals surface area contributed by atoms with E-state index in [1.165, 1.54) is 12.1 Å². The van der Waals surface area contributed by atoms with Crippen molar-refractivity contribution in [3.05, 3.63) is 95.8 Å². The first-order chi connectivity index (χ1) is 14.2. The van der Waals surface area contributed by atoms with Gasteiger partial charge in [0.25, 0.3) is 0 Å². The molecule has 0 amide bonds. The number of H-pyrrole nitrogens is 1. The molecular weight excluding hydrogens is 369 g/mol. The van der Waals surface area contributed by atoms with E-state index < -0.39 is 0 Å². The second kappa shape index (κ2) is 8.70. The molecule has 0 saturated heterocycles. The van der Waals surface area contributed by atoms with Gasteiger partial charge in [-0.1, -0.05) is 12.1 Å². The average molecular weight is 389 g/mol. The maximum Gasteiger partial charge on any atom is 0.123 e. The third kappa shape index (κ3) is 4.70. The SMILES string of the molecule is OCC(Cc1cc(-c2cn[nH]c2)cc(Cc2cnccn2)n1)c1ccc(F)cc1. The van der Waals surface area contributed by atoms with Crippen LogP contribution in [0.2, 0.25) is 0 Å². The van der Waals surface area contributed by atoms with Gasteiger partial charge in [-0.05, 0) is 41.8 Å². The van der Waals surface area contributed by atoms with E-state index in [1.807, 2.05) is 18.3 Å². The molecule has 146 valence electrons. The number of hydrogen-bond acceptors (Lipinski definition) is 5. The van der Waals surface area contributed by atoms with Crippen molar-refractivity contribution in [3.8, 4) is 11.1 Å². The van der Waals surface area contributed by atoms with E-state index in [0.717, 1.165) is 33.8 Å². The first-order valence-electron chi connectivity index (χ1n) is 9.31. The van der Waals surface area contributed by atoms with Gasteiger partial charge in [-0.15, -0.1) is 0 Å². The van der Waals surface area contributed by atoms with Crippen LogP contribution in [0.5, 0.6) is 0 Å². The molecule has 1 unspecified atom stereocenters. The number of nitrogens with one attached hydrogen (secondary N) is 1. The van der Waals surface area contributed by atoms with E-state index in [-0.39, 0.29) is 18.3 Å². The molecule has 1 atom stereocenters. The summed E-state index contributed by atoms with van der Waals surface area (Å²) in [5.41, 5.74) is 5.34. The fourth-order valence-corrected chi connectivity index (χ4v) is 3.30. The third-order valence-corrected chi connectivity index (χ3v) is 4.76. The van der Waals surface area contributed by atoms with E-state index >= 15 is 0 Å². The van der Waals surface area contributed by atoms with Crippen LogP contribution in [-0.4, -0.2) is 36.9 Å². The Morgan fingerprint density at radius 3 is 2.48 bits per heavy atom. The molecular formula is C22H20FN5O. The Labute approximate surface area is 167 Å². The fourth-order valence-electron chi connectivity index (χ4n) is 3.30. The lowest BCUT2D eigenvalue weighted by atomic mass is 9.93. The molecule has 0 aliphatic carbocycles. The number of aliphatic hydroxyl groups excluding tert-OH is 1. The van der Waals surface area contributed by atoms with Gasteiger partial charge in [0.05, 0.1) is 18.5 Å². The maximum atomic E-state index is 13.3. The van der Waals surface area contributed by atoms with Crippen molar-refractivity contribution in [2.24, 2.45) is 0 Å². The zero-order valence-electron chi connectivity index (χ0n) is 15.7. The van der Waals surface area contributed by atoms with E-state index in [2.05, 4.69) is 20.2 Å². The number of halogens is 1. The second-order valence-corrected chi connectivity index (χ2v) is 6.83. The van der Waals surface area contributed by atoms with E-state index in [1.54, 1.807) is 36.9 Å². The van der Waals surface area contributed by atoms with Gasteiger partial charge in [-0.2, -0.15) is 5.10 Å². The van der Waals surface area contributed by atoms with Crippen LogP contribution in [0.4, 0.5) is 4.39 Å². The summed E-state index contributed by atoms with van der Waals surface area (Å²) in [4.78, 5) is 13.2. The molecule has 3 heterocycles. The maximum absolute atomic E-state index is 13.3. The highest BCUT2D eigenvalue weighted by Crippen LogP contribution is 2.25. The highest BCUT2D eigenvalue weighted by atomic mass is 19.1. The molecule has 29 heavy (non-hydrogen) atoms. The van der Waals surface area contributed by atoms with Crippen molar-refractivity contribution in [2.75, 3.05) is 6.61 Å². The van der Waals surface area contributed by atoms with Gasteiger partial charge in [-0.3, -0.25) is 20.1 Å². The van der Waals surface area contributed by atoms with Crippen molar-refractivity contribution in [1.82, 2.24) is 25.1 Å². The van der Waals surface area contributed by atoms with Gasteiger partial charge in [0.2, 0.25) is 0 Å². The lowest BCUT2D eigenvalue weighted by Crippen LogP contribution is -2.10. The molecule has 0 aliphatic heterocycles. The molecule has 0 fully saturated rings. The topological polar surface area (TPSA) is 87.6 Å². The zero-order chi connectivity index (χ0) is 20.1. The Balaban J connectivity index is 1.66. The number of benzene rings is 1. The molecule has 4 rings (SSSR count). The fraction of sp³-hybridized carbons (Fsp3) is 0.182. The summed E-state index contributed by atoms with van der Waals surface area (Å²) in [5, 5.41) is 16.8. The molecule has 3 aromatic heterocycles. The predicted octanol–water partition coefficient (Wildman–Crippen LogP) is 3.31. The van der Waals surface area contributed by atoms with Crippen LogP contribution in [-0.2, 0) is 12.8 Å².